The van der Waals surface area contributed by atoms with Crippen molar-refractivity contribution in [2.45, 2.75) is 24.5 Å². The summed E-state index contributed by atoms with van der Waals surface area (Å²) >= 11 is 0. The van der Waals surface area contributed by atoms with Crippen molar-refractivity contribution < 1.29 is 22.7 Å². The molecule has 0 atom stereocenters. The SMILES string of the molecule is CCOc1ccc(CS(=O)(=O)c2ccc(C)c(C(=O)N3CCN(c4ccccc4OC)CC3)c2)cc1. The number of aryl methyl sites for hydroxylation is 1. The second-order valence-corrected chi connectivity index (χ2v) is 10.8. The number of para-hydroxylation sites is 2. The Morgan fingerprint density at radius 3 is 2.31 bits per heavy atom. The summed E-state index contributed by atoms with van der Waals surface area (Å²) < 4.78 is 37.2. The van der Waals surface area contributed by atoms with Crippen LogP contribution in [-0.4, -0.2) is 59.1 Å². The summed E-state index contributed by atoms with van der Waals surface area (Å²) in [5, 5.41) is 0. The number of benzene rings is 3. The number of nitrogens with zero attached hydrogens (tertiary/aromatic N) is 2. The normalized spacial score (nSPS) is 14.0. The van der Waals surface area contributed by atoms with Gasteiger partial charge in [0.05, 0.1) is 30.1 Å². The van der Waals surface area contributed by atoms with Gasteiger partial charge in [0.2, 0.25) is 0 Å². The summed E-state index contributed by atoms with van der Waals surface area (Å²) in [6, 6.07) is 19.7. The monoisotopic (exact) mass is 508 g/mol. The molecule has 0 bridgehead atoms. The van der Waals surface area contributed by atoms with Crippen molar-refractivity contribution in [1.29, 1.82) is 0 Å². The number of hydrogen-bond acceptors (Lipinski definition) is 6. The van der Waals surface area contributed by atoms with Crippen LogP contribution in [-0.2, 0) is 15.6 Å². The van der Waals surface area contributed by atoms with Crippen molar-refractivity contribution in [2.75, 3.05) is 44.8 Å². The summed E-state index contributed by atoms with van der Waals surface area (Å²) in [5.41, 5.74) is 2.85. The van der Waals surface area contributed by atoms with E-state index in [-0.39, 0.29) is 16.6 Å². The first-order valence-electron chi connectivity index (χ1n) is 12.0. The van der Waals surface area contributed by atoms with E-state index in [1.54, 1.807) is 48.4 Å². The second-order valence-electron chi connectivity index (χ2n) is 8.76. The zero-order valence-electron chi connectivity index (χ0n) is 20.9. The average Bonchev–Trinajstić information content (AvgIpc) is 2.89. The number of carbonyl (C=O) groups is 1. The van der Waals surface area contributed by atoms with Crippen LogP contribution in [0.15, 0.2) is 71.6 Å². The number of sulfone groups is 1. The minimum Gasteiger partial charge on any atom is -0.495 e. The molecule has 8 heteroatoms. The molecule has 0 radical (unpaired) electrons. The Hall–Kier alpha value is -3.52. The fourth-order valence-corrected chi connectivity index (χ4v) is 5.76. The van der Waals surface area contributed by atoms with Gasteiger partial charge in [-0.1, -0.05) is 30.3 Å². The van der Waals surface area contributed by atoms with Gasteiger partial charge in [-0.05, 0) is 61.4 Å². The van der Waals surface area contributed by atoms with E-state index in [1.165, 1.54) is 6.07 Å². The molecule has 0 unspecified atom stereocenters. The standard InChI is InChI=1S/C28H32N2O5S/c1-4-35-23-12-10-22(11-13-23)20-36(32,33)24-14-9-21(2)25(19-24)28(31)30-17-15-29(16-18-30)26-7-5-6-8-27(26)34-3/h5-14,19H,4,15-18,20H2,1-3H3. The van der Waals surface area contributed by atoms with Crippen LogP contribution in [0.1, 0.15) is 28.4 Å². The summed E-state index contributed by atoms with van der Waals surface area (Å²) in [4.78, 5) is 17.5. The van der Waals surface area contributed by atoms with Crippen LogP contribution < -0.4 is 14.4 Å². The van der Waals surface area contributed by atoms with E-state index in [1.807, 2.05) is 38.1 Å². The molecular formula is C28H32N2O5S. The highest BCUT2D eigenvalue weighted by molar-refractivity contribution is 7.90. The fourth-order valence-electron chi connectivity index (χ4n) is 4.39. The first kappa shape index (κ1) is 25.6. The van der Waals surface area contributed by atoms with Gasteiger partial charge in [0.25, 0.3) is 5.91 Å². The van der Waals surface area contributed by atoms with Gasteiger partial charge >= 0.3 is 0 Å². The number of amides is 1. The van der Waals surface area contributed by atoms with Gasteiger partial charge in [0, 0.05) is 31.7 Å². The summed E-state index contributed by atoms with van der Waals surface area (Å²) in [6.07, 6.45) is 0. The van der Waals surface area contributed by atoms with Crippen molar-refractivity contribution in [1.82, 2.24) is 4.90 Å². The largest absolute Gasteiger partial charge is 0.495 e. The lowest BCUT2D eigenvalue weighted by Crippen LogP contribution is -2.49. The van der Waals surface area contributed by atoms with E-state index in [0.29, 0.717) is 49.7 Å². The van der Waals surface area contributed by atoms with Crippen LogP contribution in [0.2, 0.25) is 0 Å². The maximum absolute atomic E-state index is 13.4. The van der Waals surface area contributed by atoms with Crippen LogP contribution in [0.25, 0.3) is 0 Å². The number of anilines is 1. The Morgan fingerprint density at radius 1 is 0.944 bits per heavy atom. The lowest BCUT2D eigenvalue weighted by atomic mass is 10.1. The Balaban J connectivity index is 1.47. The molecule has 7 nitrogen and oxygen atoms in total. The van der Waals surface area contributed by atoms with E-state index in [4.69, 9.17) is 9.47 Å². The van der Waals surface area contributed by atoms with Gasteiger partial charge in [-0.2, -0.15) is 0 Å². The van der Waals surface area contributed by atoms with Crippen LogP contribution in [0.5, 0.6) is 11.5 Å². The second kappa shape index (κ2) is 11.0. The van der Waals surface area contributed by atoms with Gasteiger partial charge in [0.1, 0.15) is 11.5 Å². The predicted octanol–water partition coefficient (Wildman–Crippen LogP) is 4.34. The lowest BCUT2D eigenvalue weighted by Gasteiger charge is -2.36. The van der Waals surface area contributed by atoms with Crippen molar-refractivity contribution in [2.24, 2.45) is 0 Å². The van der Waals surface area contributed by atoms with Crippen LogP contribution >= 0.6 is 0 Å². The van der Waals surface area contributed by atoms with Crippen molar-refractivity contribution in [3.05, 3.63) is 83.4 Å². The number of ether oxygens (including phenoxy) is 2. The molecule has 3 aromatic rings. The van der Waals surface area contributed by atoms with E-state index in [9.17, 15) is 13.2 Å². The van der Waals surface area contributed by atoms with Crippen molar-refractivity contribution in [3.8, 4) is 11.5 Å². The zero-order valence-corrected chi connectivity index (χ0v) is 21.8. The quantitative estimate of drug-likeness (QED) is 0.451. The molecule has 36 heavy (non-hydrogen) atoms. The van der Waals surface area contributed by atoms with Crippen LogP contribution in [0.4, 0.5) is 5.69 Å². The Labute approximate surface area is 213 Å². The topological polar surface area (TPSA) is 76.2 Å². The van der Waals surface area contributed by atoms with Crippen LogP contribution in [0, 0.1) is 6.92 Å². The Kier molecular flexibility index (Phi) is 7.84. The molecule has 1 amide bonds. The lowest BCUT2D eigenvalue weighted by molar-refractivity contribution is 0.0745. The minimum absolute atomic E-state index is 0.145. The van der Waals surface area contributed by atoms with Crippen molar-refractivity contribution >= 4 is 21.4 Å². The molecule has 1 heterocycles. The van der Waals surface area contributed by atoms with Gasteiger partial charge < -0.3 is 19.3 Å². The molecule has 1 fully saturated rings. The highest BCUT2D eigenvalue weighted by atomic mass is 32.2. The Bertz CT molecular complexity index is 1310. The molecular weight excluding hydrogens is 476 g/mol. The van der Waals surface area contributed by atoms with Crippen molar-refractivity contribution in [3.63, 3.8) is 0 Å². The average molecular weight is 509 g/mol. The summed E-state index contributed by atoms with van der Waals surface area (Å²) in [7, 11) is -1.98. The third-order valence-electron chi connectivity index (χ3n) is 6.38. The highest BCUT2D eigenvalue weighted by Gasteiger charge is 2.26. The van der Waals surface area contributed by atoms with Crippen LogP contribution in [0.3, 0.4) is 0 Å². The first-order valence-corrected chi connectivity index (χ1v) is 13.7. The number of piperazine rings is 1. The van der Waals surface area contributed by atoms with E-state index in [0.717, 1.165) is 17.0 Å². The Morgan fingerprint density at radius 2 is 1.64 bits per heavy atom. The molecule has 0 aromatic heterocycles. The molecule has 0 saturated carbocycles. The molecule has 190 valence electrons. The number of rotatable bonds is 8. The third-order valence-corrected chi connectivity index (χ3v) is 8.07. The number of hydrogen-bond donors (Lipinski definition) is 0. The molecule has 1 saturated heterocycles. The summed E-state index contributed by atoms with van der Waals surface area (Å²) in [6.45, 7) is 6.70. The first-order chi connectivity index (χ1) is 17.3. The zero-order chi connectivity index (χ0) is 25.7. The number of methoxy groups -OCH3 is 1. The molecule has 0 aliphatic carbocycles. The maximum atomic E-state index is 13.4. The molecule has 1 aliphatic heterocycles. The molecule has 1 aliphatic rings. The molecule has 0 N–H and O–H groups in total. The molecule has 4 rings (SSSR count). The van der Waals surface area contributed by atoms with Gasteiger partial charge in [-0.15, -0.1) is 0 Å². The minimum atomic E-state index is -3.63. The van der Waals surface area contributed by atoms with Gasteiger partial charge in [-0.3, -0.25) is 4.79 Å². The highest BCUT2D eigenvalue weighted by Crippen LogP contribution is 2.29. The summed E-state index contributed by atoms with van der Waals surface area (Å²) in [5.74, 6) is 1.21. The molecule has 3 aromatic carbocycles. The molecule has 0 spiro atoms. The van der Waals surface area contributed by atoms with E-state index >= 15 is 0 Å². The van der Waals surface area contributed by atoms with E-state index in [2.05, 4.69) is 4.90 Å². The fraction of sp³-hybridized carbons (Fsp3) is 0.321. The van der Waals surface area contributed by atoms with E-state index < -0.39 is 9.84 Å². The predicted molar refractivity (Wildman–Crippen MR) is 141 cm³/mol. The van der Waals surface area contributed by atoms with Gasteiger partial charge in [0.15, 0.2) is 9.84 Å². The van der Waals surface area contributed by atoms with Gasteiger partial charge in [-0.25, -0.2) is 8.42 Å². The number of carbonyl (C=O) groups excluding carboxylic acids is 1. The smallest absolute Gasteiger partial charge is 0.254 e. The third kappa shape index (κ3) is 5.65. The maximum Gasteiger partial charge on any atom is 0.254 e.